The smallest absolute Gasteiger partial charge is 0.163 e. The number of ether oxygens (including phenoxy) is 2. The molecule has 4 rings (SSSR count). The molecule has 134 valence electrons. The van der Waals surface area contributed by atoms with Crippen molar-refractivity contribution in [3.63, 3.8) is 0 Å². The number of allylic oxidation sites excluding steroid dienone is 1. The molecule has 1 aromatic heterocycles. The summed E-state index contributed by atoms with van der Waals surface area (Å²) < 4.78 is 11.1. The Bertz CT molecular complexity index is 1030. The second kappa shape index (κ2) is 7.52. The molecule has 1 aliphatic rings. The van der Waals surface area contributed by atoms with Crippen LogP contribution in [0.1, 0.15) is 10.6 Å². The number of hydrogen-bond donors (Lipinski definition) is 1. The number of thiazole rings is 1. The number of nitrogens with zero attached hydrogens (tertiary/aromatic N) is 2. The number of hydrogen-bond acceptors (Lipinski definition) is 6. The number of rotatable bonds is 4. The summed E-state index contributed by atoms with van der Waals surface area (Å²) in [6, 6.07) is 16.0. The van der Waals surface area contributed by atoms with Crippen LogP contribution in [0.3, 0.4) is 0 Å². The van der Waals surface area contributed by atoms with Gasteiger partial charge in [-0.2, -0.15) is 5.26 Å². The van der Waals surface area contributed by atoms with Crippen LogP contribution >= 0.6 is 11.3 Å². The van der Waals surface area contributed by atoms with Gasteiger partial charge in [0, 0.05) is 28.9 Å². The Balaban J connectivity index is 1.54. The quantitative estimate of drug-likeness (QED) is 0.659. The van der Waals surface area contributed by atoms with Crippen LogP contribution in [0.2, 0.25) is 0 Å². The molecule has 0 radical (unpaired) electrons. The third-order valence-electron chi connectivity index (χ3n) is 4.13. The molecule has 0 saturated heterocycles. The highest BCUT2D eigenvalue weighted by molar-refractivity contribution is 7.11. The van der Waals surface area contributed by atoms with Crippen molar-refractivity contribution < 1.29 is 9.47 Å². The highest BCUT2D eigenvalue weighted by Gasteiger charge is 2.12. The van der Waals surface area contributed by atoms with Gasteiger partial charge >= 0.3 is 0 Å². The van der Waals surface area contributed by atoms with E-state index >= 15 is 0 Å². The van der Waals surface area contributed by atoms with E-state index in [1.807, 2.05) is 35.7 Å². The molecule has 0 fully saturated rings. The van der Waals surface area contributed by atoms with Gasteiger partial charge in [-0.25, -0.2) is 4.98 Å². The van der Waals surface area contributed by atoms with Crippen LogP contribution in [0.5, 0.6) is 11.5 Å². The monoisotopic (exact) mass is 375 g/mol. The minimum atomic E-state index is 0.480. The van der Waals surface area contributed by atoms with Crippen molar-refractivity contribution in [3.05, 3.63) is 64.6 Å². The Morgan fingerprint density at radius 2 is 1.93 bits per heavy atom. The third-order valence-corrected chi connectivity index (χ3v) is 5.00. The molecular formula is C21H17N3O2S. The minimum Gasteiger partial charge on any atom is -0.486 e. The van der Waals surface area contributed by atoms with Gasteiger partial charge in [0.25, 0.3) is 0 Å². The Hall–Kier alpha value is -3.30. The zero-order valence-corrected chi connectivity index (χ0v) is 15.5. The van der Waals surface area contributed by atoms with Gasteiger partial charge in [0.1, 0.15) is 29.9 Å². The summed E-state index contributed by atoms with van der Waals surface area (Å²) in [6.07, 6.45) is 1.67. The number of benzene rings is 2. The topological polar surface area (TPSA) is 67.2 Å². The Morgan fingerprint density at radius 1 is 1.15 bits per heavy atom. The summed E-state index contributed by atoms with van der Waals surface area (Å²) in [5, 5.41) is 15.3. The zero-order valence-electron chi connectivity index (χ0n) is 14.7. The predicted molar refractivity (Wildman–Crippen MR) is 107 cm³/mol. The first-order chi connectivity index (χ1) is 13.2. The summed E-state index contributed by atoms with van der Waals surface area (Å²) in [4.78, 5) is 4.61. The molecule has 3 aromatic rings. The first-order valence-electron chi connectivity index (χ1n) is 8.52. The maximum absolute atomic E-state index is 9.53. The lowest BCUT2D eigenvalue weighted by atomic mass is 10.1. The zero-order chi connectivity index (χ0) is 18.6. The molecule has 0 aliphatic carbocycles. The molecule has 0 atom stereocenters. The fourth-order valence-corrected chi connectivity index (χ4v) is 3.48. The molecule has 2 heterocycles. The van der Waals surface area contributed by atoms with Crippen molar-refractivity contribution in [1.29, 1.82) is 5.26 Å². The average molecular weight is 375 g/mol. The Morgan fingerprint density at radius 3 is 2.70 bits per heavy atom. The van der Waals surface area contributed by atoms with E-state index in [9.17, 15) is 5.26 Å². The van der Waals surface area contributed by atoms with Crippen molar-refractivity contribution in [2.75, 3.05) is 18.5 Å². The third kappa shape index (κ3) is 3.78. The number of nitriles is 1. The van der Waals surface area contributed by atoms with Crippen LogP contribution < -0.4 is 14.8 Å². The maximum Gasteiger partial charge on any atom is 0.163 e. The van der Waals surface area contributed by atoms with Gasteiger partial charge in [0.15, 0.2) is 11.5 Å². The molecule has 0 spiro atoms. The highest BCUT2D eigenvalue weighted by atomic mass is 32.1. The lowest BCUT2D eigenvalue weighted by molar-refractivity contribution is 0.171. The lowest BCUT2D eigenvalue weighted by Gasteiger charge is -2.18. The molecule has 5 nitrogen and oxygen atoms in total. The van der Waals surface area contributed by atoms with E-state index < -0.39 is 0 Å². The first-order valence-corrected chi connectivity index (χ1v) is 9.40. The number of aromatic nitrogens is 1. The summed E-state index contributed by atoms with van der Waals surface area (Å²) in [7, 11) is 0. The van der Waals surface area contributed by atoms with E-state index in [0.29, 0.717) is 29.5 Å². The van der Waals surface area contributed by atoms with E-state index in [0.717, 1.165) is 22.7 Å². The minimum absolute atomic E-state index is 0.480. The van der Waals surface area contributed by atoms with E-state index in [2.05, 4.69) is 35.4 Å². The largest absolute Gasteiger partial charge is 0.486 e. The number of aryl methyl sites for hydroxylation is 1. The number of fused-ring (bicyclic) bond motifs is 1. The van der Waals surface area contributed by atoms with Crippen LogP contribution in [0.15, 0.2) is 54.0 Å². The molecule has 1 aliphatic heterocycles. The highest BCUT2D eigenvalue weighted by Crippen LogP contribution is 2.33. The molecular weight excluding hydrogens is 358 g/mol. The van der Waals surface area contributed by atoms with Crippen molar-refractivity contribution in [3.8, 4) is 28.8 Å². The SMILES string of the molecule is Cc1ccc(-c2csc(/C(C#N)=C/Nc3ccc4c(c3)OCCO4)n2)cc1. The van der Waals surface area contributed by atoms with E-state index in [1.165, 1.54) is 16.9 Å². The van der Waals surface area contributed by atoms with Crippen LogP contribution in [-0.2, 0) is 0 Å². The number of nitrogens with one attached hydrogen (secondary N) is 1. The average Bonchev–Trinajstić information content (AvgIpc) is 3.19. The normalized spacial score (nSPS) is 13.1. The van der Waals surface area contributed by atoms with Crippen molar-refractivity contribution >= 4 is 22.6 Å². The summed E-state index contributed by atoms with van der Waals surface area (Å²) in [6.45, 7) is 3.15. The van der Waals surface area contributed by atoms with Gasteiger partial charge in [0.05, 0.1) is 5.69 Å². The second-order valence-corrected chi connectivity index (χ2v) is 6.93. The summed E-state index contributed by atoms with van der Waals surface area (Å²) >= 11 is 1.45. The van der Waals surface area contributed by atoms with Gasteiger partial charge in [-0.15, -0.1) is 11.3 Å². The van der Waals surface area contributed by atoms with E-state index in [-0.39, 0.29) is 0 Å². The van der Waals surface area contributed by atoms with Crippen LogP contribution in [0, 0.1) is 18.3 Å². The summed E-state index contributed by atoms with van der Waals surface area (Å²) in [5.41, 5.74) is 4.42. The first kappa shape index (κ1) is 17.1. The van der Waals surface area contributed by atoms with E-state index in [4.69, 9.17) is 9.47 Å². The Kier molecular flexibility index (Phi) is 4.77. The number of anilines is 1. The summed E-state index contributed by atoms with van der Waals surface area (Å²) in [5.74, 6) is 1.44. The molecule has 1 N–H and O–H groups in total. The molecule has 27 heavy (non-hydrogen) atoms. The standard InChI is InChI=1S/C21H17N3O2S/c1-14-2-4-15(5-3-14)18-13-27-21(24-18)16(11-22)12-23-17-6-7-19-20(10-17)26-9-8-25-19/h2-7,10,12-13,23H,8-9H2,1H3/b16-12+. The van der Waals surface area contributed by atoms with E-state index in [1.54, 1.807) is 6.20 Å². The lowest BCUT2D eigenvalue weighted by Crippen LogP contribution is -2.15. The van der Waals surface area contributed by atoms with Gasteiger partial charge in [-0.3, -0.25) is 0 Å². The molecule has 0 amide bonds. The van der Waals surface area contributed by atoms with Crippen molar-refractivity contribution in [2.45, 2.75) is 6.92 Å². The molecule has 6 heteroatoms. The van der Waals surface area contributed by atoms with Crippen LogP contribution in [0.25, 0.3) is 16.8 Å². The maximum atomic E-state index is 9.53. The predicted octanol–water partition coefficient (Wildman–Crippen LogP) is 4.87. The van der Waals surface area contributed by atoms with Crippen LogP contribution in [-0.4, -0.2) is 18.2 Å². The van der Waals surface area contributed by atoms with Gasteiger partial charge < -0.3 is 14.8 Å². The van der Waals surface area contributed by atoms with Gasteiger partial charge in [-0.05, 0) is 19.1 Å². The Labute approximate surface area is 161 Å². The van der Waals surface area contributed by atoms with Gasteiger partial charge in [-0.1, -0.05) is 29.8 Å². The molecule has 0 bridgehead atoms. The fourth-order valence-electron chi connectivity index (χ4n) is 2.68. The second-order valence-electron chi connectivity index (χ2n) is 6.08. The fraction of sp³-hybridized carbons (Fsp3) is 0.143. The molecule has 0 saturated carbocycles. The van der Waals surface area contributed by atoms with Crippen molar-refractivity contribution in [2.24, 2.45) is 0 Å². The van der Waals surface area contributed by atoms with Crippen LogP contribution in [0.4, 0.5) is 5.69 Å². The van der Waals surface area contributed by atoms with Crippen molar-refractivity contribution in [1.82, 2.24) is 4.98 Å². The molecule has 0 unspecified atom stereocenters. The van der Waals surface area contributed by atoms with Gasteiger partial charge in [0.2, 0.25) is 0 Å². The molecule has 2 aromatic carbocycles.